The van der Waals surface area contributed by atoms with Crippen LogP contribution in [0, 0.1) is 0 Å². The number of aromatic nitrogens is 1. The summed E-state index contributed by atoms with van der Waals surface area (Å²) >= 11 is 2.92. The van der Waals surface area contributed by atoms with Gasteiger partial charge in [-0.3, -0.25) is 9.59 Å². The van der Waals surface area contributed by atoms with Crippen LogP contribution in [0.15, 0.2) is 58.5 Å². The van der Waals surface area contributed by atoms with Gasteiger partial charge in [-0.05, 0) is 44.4 Å². The van der Waals surface area contributed by atoms with Crippen LogP contribution in [0.5, 0.6) is 5.19 Å². The second-order valence-corrected chi connectivity index (χ2v) is 9.35. The molecule has 2 amide bonds. The third-order valence-electron chi connectivity index (χ3n) is 4.56. The van der Waals surface area contributed by atoms with Gasteiger partial charge in [0.2, 0.25) is 0 Å². The van der Waals surface area contributed by atoms with Crippen molar-refractivity contribution in [3.8, 4) is 5.19 Å². The first-order chi connectivity index (χ1) is 15.0. The maximum absolute atomic E-state index is 12.7. The first kappa shape index (κ1) is 21.4. The quantitative estimate of drug-likeness (QED) is 0.566. The van der Waals surface area contributed by atoms with Gasteiger partial charge in [0.15, 0.2) is 0 Å². The average Bonchev–Trinajstić information content (AvgIpc) is 3.15. The molecule has 2 N–H and O–H groups in total. The van der Waals surface area contributed by atoms with Gasteiger partial charge in [0.25, 0.3) is 17.0 Å². The minimum Gasteiger partial charge on any atom is -0.469 e. The number of carbonyl (C=O) groups is 2. The van der Waals surface area contributed by atoms with E-state index in [9.17, 15) is 9.59 Å². The molecule has 160 valence electrons. The van der Waals surface area contributed by atoms with Crippen molar-refractivity contribution in [2.45, 2.75) is 16.3 Å². The lowest BCUT2D eigenvalue weighted by Gasteiger charge is -2.09. The van der Waals surface area contributed by atoms with Gasteiger partial charge < -0.3 is 20.3 Å². The van der Waals surface area contributed by atoms with Gasteiger partial charge in [-0.1, -0.05) is 35.2 Å². The van der Waals surface area contributed by atoms with Crippen molar-refractivity contribution < 1.29 is 14.3 Å². The number of hydrogen-bond acceptors (Lipinski definition) is 7. The van der Waals surface area contributed by atoms with Crippen LogP contribution < -0.4 is 15.4 Å². The number of nitrogens with zero attached hydrogens (tertiary/aromatic N) is 2. The Morgan fingerprint density at radius 2 is 2.03 bits per heavy atom. The van der Waals surface area contributed by atoms with Gasteiger partial charge >= 0.3 is 0 Å². The van der Waals surface area contributed by atoms with Crippen molar-refractivity contribution in [1.29, 1.82) is 0 Å². The number of nitrogens with one attached hydrogen (secondary N) is 2. The maximum Gasteiger partial charge on any atom is 0.273 e. The Bertz CT molecular complexity index is 1110. The Labute approximate surface area is 188 Å². The molecule has 1 aliphatic rings. The number of rotatable bonds is 7. The fourth-order valence-electron chi connectivity index (χ4n) is 2.93. The molecule has 0 atom stereocenters. The number of hydrogen-bond donors (Lipinski definition) is 2. The maximum atomic E-state index is 12.7. The number of thiazole rings is 1. The van der Waals surface area contributed by atoms with Crippen LogP contribution >= 0.6 is 23.1 Å². The average molecular weight is 455 g/mol. The molecular formula is C22H22N4O3S2. The molecule has 2 aromatic carbocycles. The first-order valence-electron chi connectivity index (χ1n) is 9.72. The highest BCUT2D eigenvalue weighted by molar-refractivity contribution is 7.99. The van der Waals surface area contributed by atoms with Crippen molar-refractivity contribution >= 4 is 40.6 Å². The van der Waals surface area contributed by atoms with Crippen molar-refractivity contribution in [3.05, 3.63) is 64.7 Å². The Hall–Kier alpha value is -2.88. The van der Waals surface area contributed by atoms with Gasteiger partial charge in [0.05, 0.1) is 17.8 Å². The Morgan fingerprint density at radius 3 is 2.87 bits per heavy atom. The number of amides is 2. The van der Waals surface area contributed by atoms with Crippen LogP contribution in [-0.2, 0) is 6.54 Å². The summed E-state index contributed by atoms with van der Waals surface area (Å²) in [6, 6.07) is 12.8. The molecule has 9 heteroatoms. The summed E-state index contributed by atoms with van der Waals surface area (Å²) in [5.74, 6) is -0.391. The van der Waals surface area contributed by atoms with E-state index < -0.39 is 0 Å². The fraction of sp³-hybridized carbons (Fsp3) is 0.227. The zero-order valence-corrected chi connectivity index (χ0v) is 18.8. The standard InChI is InChI=1S/C22H22N4O3S2/c1-26(2)9-10-29-22-24-13-15(30-22)12-23-20(27)14-7-8-19-17(11-14)25-21(28)16-5-3-4-6-18(16)31-19/h3-8,11,13H,9-10,12H2,1-2H3,(H,23,27)(H,25,28). The molecule has 0 bridgehead atoms. The van der Waals surface area contributed by atoms with E-state index >= 15 is 0 Å². The SMILES string of the molecule is CN(C)CCOc1ncc(CNC(=O)c2ccc3c(c2)NC(=O)c2ccccc2S3)s1. The summed E-state index contributed by atoms with van der Waals surface area (Å²) < 4.78 is 5.61. The molecule has 0 unspecified atom stereocenters. The summed E-state index contributed by atoms with van der Waals surface area (Å²) in [7, 11) is 3.97. The van der Waals surface area contributed by atoms with E-state index in [4.69, 9.17) is 4.74 Å². The molecule has 1 aromatic heterocycles. The monoisotopic (exact) mass is 454 g/mol. The largest absolute Gasteiger partial charge is 0.469 e. The molecule has 31 heavy (non-hydrogen) atoms. The van der Waals surface area contributed by atoms with E-state index in [1.807, 2.05) is 43.3 Å². The molecule has 7 nitrogen and oxygen atoms in total. The van der Waals surface area contributed by atoms with Gasteiger partial charge in [-0.15, -0.1) is 0 Å². The number of benzene rings is 2. The first-order valence-corrected chi connectivity index (χ1v) is 11.4. The number of likely N-dealkylation sites (N-methyl/N-ethyl adjacent to an activating group) is 1. The van der Waals surface area contributed by atoms with Gasteiger partial charge in [0, 0.05) is 33.0 Å². The highest BCUT2D eigenvalue weighted by atomic mass is 32.2. The van der Waals surface area contributed by atoms with E-state index in [1.165, 1.54) is 23.1 Å². The summed E-state index contributed by atoms with van der Waals surface area (Å²) in [5.41, 5.74) is 1.74. The third-order valence-corrected chi connectivity index (χ3v) is 6.62. The zero-order valence-electron chi connectivity index (χ0n) is 17.2. The van der Waals surface area contributed by atoms with Crippen molar-refractivity contribution in [2.24, 2.45) is 0 Å². The van der Waals surface area contributed by atoms with Gasteiger partial charge in [-0.25, -0.2) is 4.98 Å². The summed E-state index contributed by atoms with van der Waals surface area (Å²) in [4.78, 5) is 34.2. The molecule has 2 heterocycles. The molecule has 0 fully saturated rings. The molecular weight excluding hydrogens is 432 g/mol. The lowest BCUT2D eigenvalue weighted by atomic mass is 10.1. The predicted molar refractivity (Wildman–Crippen MR) is 122 cm³/mol. The molecule has 0 spiro atoms. The number of anilines is 1. The summed E-state index contributed by atoms with van der Waals surface area (Å²) in [6.07, 6.45) is 1.71. The topological polar surface area (TPSA) is 83.6 Å². The Balaban J connectivity index is 1.39. The van der Waals surface area contributed by atoms with Crippen molar-refractivity contribution in [2.75, 3.05) is 32.6 Å². The Kier molecular flexibility index (Phi) is 6.55. The van der Waals surface area contributed by atoms with Crippen molar-refractivity contribution in [3.63, 3.8) is 0 Å². The van der Waals surface area contributed by atoms with Crippen molar-refractivity contribution in [1.82, 2.24) is 15.2 Å². The van der Waals surface area contributed by atoms with Crippen LogP contribution in [0.4, 0.5) is 5.69 Å². The minimum absolute atomic E-state index is 0.175. The minimum atomic E-state index is -0.215. The zero-order chi connectivity index (χ0) is 21.8. The highest BCUT2D eigenvalue weighted by Gasteiger charge is 2.20. The fourth-order valence-corrected chi connectivity index (χ4v) is 4.66. The molecule has 4 rings (SSSR count). The van der Waals surface area contributed by atoms with E-state index in [0.717, 1.165) is 21.2 Å². The third kappa shape index (κ3) is 5.25. The van der Waals surface area contributed by atoms with E-state index in [2.05, 4.69) is 15.6 Å². The highest BCUT2D eigenvalue weighted by Crippen LogP contribution is 2.39. The predicted octanol–water partition coefficient (Wildman–Crippen LogP) is 3.73. The molecule has 0 radical (unpaired) electrons. The smallest absolute Gasteiger partial charge is 0.273 e. The van der Waals surface area contributed by atoms with E-state index in [0.29, 0.717) is 35.2 Å². The van der Waals surface area contributed by atoms with Crippen LogP contribution in [-0.4, -0.2) is 48.9 Å². The normalized spacial score (nSPS) is 12.5. The second kappa shape index (κ2) is 9.51. The van der Waals surface area contributed by atoms with E-state index in [-0.39, 0.29) is 11.8 Å². The molecule has 1 aliphatic heterocycles. The molecule has 0 saturated heterocycles. The lowest BCUT2D eigenvalue weighted by molar-refractivity contribution is 0.0949. The second-order valence-electron chi connectivity index (χ2n) is 7.19. The number of carbonyl (C=O) groups excluding carboxylic acids is 2. The molecule has 3 aromatic rings. The van der Waals surface area contributed by atoms with Gasteiger partial charge in [0.1, 0.15) is 6.61 Å². The van der Waals surface area contributed by atoms with Crippen LogP contribution in [0.3, 0.4) is 0 Å². The molecule has 0 saturated carbocycles. The van der Waals surface area contributed by atoms with Gasteiger partial charge in [-0.2, -0.15) is 0 Å². The Morgan fingerprint density at radius 1 is 1.19 bits per heavy atom. The summed E-state index contributed by atoms with van der Waals surface area (Å²) in [5, 5.41) is 6.41. The number of ether oxygens (including phenoxy) is 1. The van der Waals surface area contributed by atoms with Crippen LogP contribution in [0.25, 0.3) is 0 Å². The summed E-state index contributed by atoms with van der Waals surface area (Å²) in [6.45, 7) is 1.73. The van der Waals surface area contributed by atoms with E-state index in [1.54, 1.807) is 24.4 Å². The van der Waals surface area contributed by atoms with Crippen LogP contribution in [0.2, 0.25) is 0 Å². The van der Waals surface area contributed by atoms with Crippen LogP contribution in [0.1, 0.15) is 25.6 Å². The molecule has 0 aliphatic carbocycles. The number of fused-ring (bicyclic) bond motifs is 2. The lowest BCUT2D eigenvalue weighted by Crippen LogP contribution is -2.22.